The molecule has 0 radical (unpaired) electrons. The minimum atomic E-state index is -1.93. The molecule has 2 saturated heterocycles. The molecule has 2 heterocycles. The Hall–Kier alpha value is -2.21. The summed E-state index contributed by atoms with van der Waals surface area (Å²) >= 11 is 0. The number of piperidine rings is 1. The highest BCUT2D eigenvalue weighted by atomic mass is 16.7. The molecule has 5 aliphatic carbocycles. The van der Waals surface area contributed by atoms with Crippen LogP contribution >= 0.6 is 0 Å². The van der Waals surface area contributed by atoms with Gasteiger partial charge in [-0.2, -0.15) is 0 Å². The van der Waals surface area contributed by atoms with Gasteiger partial charge in [0.2, 0.25) is 0 Å². The minimum absolute atomic E-state index is 0.0589. The van der Waals surface area contributed by atoms with Crippen molar-refractivity contribution in [1.29, 1.82) is 0 Å². The molecular weight excluding hydrogens is 668 g/mol. The molecule has 0 spiro atoms. The number of aliphatic hydroxyl groups excluding tert-OH is 1. The number of hydrogen-bond donors (Lipinski definition) is 5. The predicted octanol–water partition coefficient (Wildman–Crippen LogP) is 5.02. The highest BCUT2D eigenvalue weighted by Crippen LogP contribution is 2.62. The van der Waals surface area contributed by atoms with Crippen molar-refractivity contribution < 1.29 is 29.0 Å². The lowest BCUT2D eigenvalue weighted by atomic mass is 9.59. The zero-order valence-corrected chi connectivity index (χ0v) is 32.6. The van der Waals surface area contributed by atoms with Gasteiger partial charge in [-0.3, -0.25) is 14.9 Å². The summed E-state index contributed by atoms with van der Waals surface area (Å²) in [6.07, 6.45) is 22.0. The second kappa shape index (κ2) is 16.5. The first kappa shape index (κ1) is 39.0. The van der Waals surface area contributed by atoms with E-state index in [2.05, 4.69) is 53.3 Å². The quantitative estimate of drug-likeness (QED) is 0.0544. The van der Waals surface area contributed by atoms with Gasteiger partial charge in [0.05, 0.1) is 19.4 Å². The maximum atomic E-state index is 14.6. The average Bonchev–Trinajstić information content (AvgIpc) is 3.89. The number of carbonyl (C=O) groups excluding carboxylic acids is 3. The third kappa shape index (κ3) is 7.30. The van der Waals surface area contributed by atoms with E-state index in [0.717, 1.165) is 95.1 Å². The molecule has 53 heavy (non-hydrogen) atoms. The maximum Gasteiger partial charge on any atom is 0.350 e. The summed E-state index contributed by atoms with van der Waals surface area (Å²) in [6, 6.07) is 0.0589. The Morgan fingerprint density at radius 1 is 1.00 bits per heavy atom. The minimum Gasteiger partial charge on any atom is -0.463 e. The lowest BCUT2D eigenvalue weighted by Gasteiger charge is -2.48. The number of ketones is 2. The van der Waals surface area contributed by atoms with E-state index in [-0.39, 0.29) is 54.7 Å². The summed E-state index contributed by atoms with van der Waals surface area (Å²) in [7, 11) is 1.95. The summed E-state index contributed by atoms with van der Waals surface area (Å²) < 4.78 is 12.6. The number of hydrogen-bond acceptors (Lipinski definition) is 10. The highest BCUT2D eigenvalue weighted by Gasteiger charge is 2.87. The molecule has 4 unspecified atom stereocenters. The third-order valence-corrected chi connectivity index (χ3v) is 14.6. The molecule has 0 aromatic heterocycles. The van der Waals surface area contributed by atoms with Crippen LogP contribution < -0.4 is 21.3 Å². The van der Waals surface area contributed by atoms with Crippen molar-refractivity contribution in [3.63, 3.8) is 0 Å². The molecule has 10 nitrogen and oxygen atoms in total. The number of aliphatic hydroxyl groups is 1. The summed E-state index contributed by atoms with van der Waals surface area (Å²) in [5, 5.41) is 25.0. The van der Waals surface area contributed by atoms with Gasteiger partial charge in [-0.05, 0) is 120 Å². The molecule has 0 bridgehead atoms. The van der Waals surface area contributed by atoms with Crippen molar-refractivity contribution in [2.45, 2.75) is 140 Å². The van der Waals surface area contributed by atoms with Crippen molar-refractivity contribution in [2.24, 2.45) is 35.0 Å². The summed E-state index contributed by atoms with van der Waals surface area (Å²) in [5.74, 6) is -1.05. The van der Waals surface area contributed by atoms with E-state index in [9.17, 15) is 19.5 Å². The Morgan fingerprint density at radius 2 is 1.77 bits per heavy atom. The second-order valence-electron chi connectivity index (χ2n) is 17.6. The Labute approximate surface area is 317 Å². The summed E-state index contributed by atoms with van der Waals surface area (Å²) in [5.41, 5.74) is -0.265. The lowest BCUT2D eigenvalue weighted by Crippen LogP contribution is -2.58. The second-order valence-corrected chi connectivity index (χ2v) is 17.6. The largest absolute Gasteiger partial charge is 0.463 e. The summed E-state index contributed by atoms with van der Waals surface area (Å²) in [4.78, 5) is 43.6. The van der Waals surface area contributed by atoms with Crippen LogP contribution in [-0.2, 0) is 23.9 Å². The number of epoxide rings is 1. The fraction of sp³-hybridized carbons (Fsp3) is 0.791. The summed E-state index contributed by atoms with van der Waals surface area (Å²) in [6.45, 7) is 6.63. The van der Waals surface area contributed by atoms with Crippen molar-refractivity contribution >= 4 is 17.5 Å². The number of ether oxygens (including phenoxy) is 2. The Morgan fingerprint density at radius 3 is 2.51 bits per heavy atom. The van der Waals surface area contributed by atoms with Crippen LogP contribution in [0.1, 0.15) is 117 Å². The molecule has 3 saturated carbocycles. The van der Waals surface area contributed by atoms with Crippen LogP contribution in [0.2, 0.25) is 0 Å². The molecule has 7 aliphatic rings. The number of Topliss-reactive ketones (excluding diaryl/α,β-unsaturated/α-hetero) is 2. The van der Waals surface area contributed by atoms with Crippen LogP contribution in [0, 0.1) is 35.0 Å². The van der Waals surface area contributed by atoms with Gasteiger partial charge in [-0.1, -0.05) is 62.8 Å². The van der Waals surface area contributed by atoms with Gasteiger partial charge >= 0.3 is 5.97 Å². The van der Waals surface area contributed by atoms with Crippen LogP contribution in [0.3, 0.4) is 0 Å². The van der Waals surface area contributed by atoms with E-state index in [0.29, 0.717) is 24.7 Å². The average molecular weight is 735 g/mol. The van der Waals surface area contributed by atoms with Gasteiger partial charge in [-0.25, -0.2) is 4.79 Å². The Bertz CT molecular complexity index is 1470. The third-order valence-electron chi connectivity index (χ3n) is 14.6. The molecule has 5 N–H and O–H groups in total. The monoisotopic (exact) mass is 734 g/mol. The standard InChI is InChI=1S/C43H66N4O6/c1-4-45-36-21-30-13-7-6-12-29(30)20-31(36)26-52-40(51)43-39(50)35-15-9-8-14-34(35)38(49)42(43,53-43)24-32(25-48)28(2)23-41(17-10-5-11-18-41)33-16-19-46-37(22-33)47-27-44-3/h7,13,21,29,31,33-37,44-48H,4-6,8-12,14-20,22-27H2,1-3H3/t29-,31-,33?,34?,35?,36-,37?,42-,43-/m0/s1. The van der Waals surface area contributed by atoms with Crippen LogP contribution in [0.5, 0.6) is 0 Å². The predicted molar refractivity (Wildman–Crippen MR) is 205 cm³/mol. The number of rotatable bonds is 14. The van der Waals surface area contributed by atoms with Gasteiger partial charge < -0.3 is 30.5 Å². The van der Waals surface area contributed by atoms with Gasteiger partial charge in [0.25, 0.3) is 5.60 Å². The van der Waals surface area contributed by atoms with E-state index < -0.39 is 29.0 Å². The topological polar surface area (TPSA) is 141 Å². The normalized spacial score (nSPS) is 38.2. The van der Waals surface area contributed by atoms with E-state index in [4.69, 9.17) is 9.47 Å². The first-order valence-electron chi connectivity index (χ1n) is 21.2. The first-order valence-corrected chi connectivity index (χ1v) is 21.2. The molecule has 2 aliphatic heterocycles. The molecule has 9 atom stereocenters. The number of likely N-dealkylation sites (N-methyl/N-ethyl adjacent to an activating group) is 1. The maximum absolute atomic E-state index is 14.6. The fourth-order valence-electron chi connectivity index (χ4n) is 11.8. The SMILES string of the molecule is CCN[C@H]1C=C2C=CCC[C@H]2C[C@H]1COC(=O)[C@]12O[C@@]1(CC(CO)=C(C)CC1(C3CCNC(NCNC)C3)CCCCC1)C(=O)C1CCCCC1C2=O. The fourth-order valence-corrected chi connectivity index (χ4v) is 11.8. The smallest absolute Gasteiger partial charge is 0.350 e. The molecular formula is C43H66N4O6. The van der Waals surface area contributed by atoms with Crippen LogP contribution in [-0.4, -0.2) is 86.1 Å². The molecule has 0 aromatic carbocycles. The first-order chi connectivity index (χ1) is 25.7. The van der Waals surface area contributed by atoms with Crippen molar-refractivity contribution in [1.82, 2.24) is 21.3 Å². The number of fused-ring (bicyclic) bond motifs is 3. The lowest BCUT2D eigenvalue weighted by molar-refractivity contribution is -0.160. The number of carbonyl (C=O) groups is 3. The Balaban J connectivity index is 1.14. The molecule has 0 aromatic rings. The van der Waals surface area contributed by atoms with E-state index in [1.165, 1.54) is 24.8 Å². The number of allylic oxidation sites excluding steroid dienone is 4. The number of esters is 1. The molecule has 0 amide bonds. The van der Waals surface area contributed by atoms with Crippen LogP contribution in [0.15, 0.2) is 34.9 Å². The van der Waals surface area contributed by atoms with Crippen molar-refractivity contribution in [2.75, 3.05) is 40.0 Å². The van der Waals surface area contributed by atoms with E-state index in [1.54, 1.807) is 0 Å². The highest BCUT2D eigenvalue weighted by molar-refractivity contribution is 6.23. The van der Waals surface area contributed by atoms with Gasteiger partial charge in [-0.15, -0.1) is 0 Å². The number of nitrogens with one attached hydrogen (secondary N) is 4. The zero-order chi connectivity index (χ0) is 37.2. The molecule has 7 rings (SSSR count). The molecule has 5 fully saturated rings. The van der Waals surface area contributed by atoms with Crippen molar-refractivity contribution in [3.8, 4) is 0 Å². The van der Waals surface area contributed by atoms with Crippen LogP contribution in [0.4, 0.5) is 0 Å². The zero-order valence-electron chi connectivity index (χ0n) is 32.6. The molecule has 10 heteroatoms. The van der Waals surface area contributed by atoms with Gasteiger partial charge in [0, 0.05) is 36.9 Å². The van der Waals surface area contributed by atoms with Crippen molar-refractivity contribution in [3.05, 3.63) is 34.9 Å². The Kier molecular flexibility index (Phi) is 12.1. The van der Waals surface area contributed by atoms with Crippen LogP contribution in [0.25, 0.3) is 0 Å². The van der Waals surface area contributed by atoms with Gasteiger partial charge in [0.1, 0.15) is 0 Å². The van der Waals surface area contributed by atoms with Gasteiger partial charge in [0.15, 0.2) is 17.2 Å². The molecule has 294 valence electrons. The van der Waals surface area contributed by atoms with E-state index >= 15 is 0 Å². The van der Waals surface area contributed by atoms with E-state index in [1.807, 2.05) is 7.05 Å².